The molecule has 1 aliphatic heterocycles. The van der Waals surface area contributed by atoms with Crippen molar-refractivity contribution < 1.29 is 14.3 Å². The fourth-order valence-electron chi connectivity index (χ4n) is 2.67. The second-order valence-corrected chi connectivity index (χ2v) is 6.11. The number of aryl methyl sites for hydroxylation is 1. The van der Waals surface area contributed by atoms with Crippen LogP contribution < -0.4 is 5.32 Å². The maximum atomic E-state index is 12.8. The summed E-state index contributed by atoms with van der Waals surface area (Å²) < 4.78 is 11.1. The highest BCUT2D eigenvalue weighted by Gasteiger charge is 2.36. The number of methoxy groups -OCH3 is 1. The van der Waals surface area contributed by atoms with Crippen molar-refractivity contribution in [2.75, 3.05) is 39.2 Å². The highest BCUT2D eigenvalue weighted by atomic mass is 16.5. The zero-order valence-corrected chi connectivity index (χ0v) is 13.8. The van der Waals surface area contributed by atoms with Crippen molar-refractivity contribution in [3.63, 3.8) is 0 Å². The molecule has 0 spiro atoms. The highest BCUT2D eigenvalue weighted by molar-refractivity contribution is 5.92. The fraction of sp³-hybridized carbons (Fsp3) is 0.667. The molecule has 122 valence electrons. The van der Waals surface area contributed by atoms with E-state index in [4.69, 9.17) is 9.47 Å². The summed E-state index contributed by atoms with van der Waals surface area (Å²) in [6.07, 6.45) is -0.135. The lowest BCUT2D eigenvalue weighted by molar-refractivity contribution is -0.143. The maximum Gasteiger partial charge on any atom is 0.272 e. The largest absolute Gasteiger partial charge is 0.382 e. The lowest BCUT2D eigenvalue weighted by Gasteiger charge is -2.42. The lowest BCUT2D eigenvalue weighted by atomic mass is 10.0. The van der Waals surface area contributed by atoms with E-state index in [-0.39, 0.29) is 12.0 Å². The Bertz CT molecular complexity index is 548. The van der Waals surface area contributed by atoms with Crippen molar-refractivity contribution in [3.05, 3.63) is 17.5 Å². The molecule has 0 bridgehead atoms. The molecule has 7 heteroatoms. The molecule has 1 saturated heterocycles. The van der Waals surface area contributed by atoms with E-state index >= 15 is 0 Å². The predicted octanol–water partition coefficient (Wildman–Crippen LogP) is 1.09. The number of aromatic nitrogens is 2. The van der Waals surface area contributed by atoms with Crippen LogP contribution in [0.5, 0.6) is 0 Å². The molecule has 0 aromatic carbocycles. The van der Waals surface area contributed by atoms with Crippen molar-refractivity contribution in [3.8, 4) is 0 Å². The minimum Gasteiger partial charge on any atom is -0.382 e. The van der Waals surface area contributed by atoms with Gasteiger partial charge in [0.15, 0.2) is 0 Å². The van der Waals surface area contributed by atoms with Crippen molar-refractivity contribution in [2.45, 2.75) is 32.5 Å². The van der Waals surface area contributed by atoms with Gasteiger partial charge in [-0.3, -0.25) is 4.79 Å². The molecule has 2 rings (SSSR count). The van der Waals surface area contributed by atoms with Gasteiger partial charge in [0.25, 0.3) is 5.91 Å². The topological polar surface area (TPSA) is 76.6 Å². The Kier molecular flexibility index (Phi) is 4.97. The quantitative estimate of drug-likeness (QED) is 0.897. The van der Waals surface area contributed by atoms with Crippen LogP contribution in [-0.4, -0.2) is 66.3 Å². The van der Waals surface area contributed by atoms with Gasteiger partial charge in [-0.25, -0.2) is 9.97 Å². The van der Waals surface area contributed by atoms with Gasteiger partial charge in [-0.1, -0.05) is 0 Å². The van der Waals surface area contributed by atoms with Gasteiger partial charge in [-0.05, 0) is 26.8 Å². The van der Waals surface area contributed by atoms with E-state index in [9.17, 15) is 4.79 Å². The van der Waals surface area contributed by atoms with Crippen LogP contribution in [0.3, 0.4) is 0 Å². The fourth-order valence-corrected chi connectivity index (χ4v) is 2.67. The smallest absolute Gasteiger partial charge is 0.272 e. The van der Waals surface area contributed by atoms with Gasteiger partial charge < -0.3 is 19.7 Å². The highest BCUT2D eigenvalue weighted by Crippen LogP contribution is 2.22. The van der Waals surface area contributed by atoms with Gasteiger partial charge in [-0.15, -0.1) is 0 Å². The Balaban J connectivity index is 2.22. The van der Waals surface area contributed by atoms with Crippen LogP contribution in [-0.2, 0) is 9.47 Å². The van der Waals surface area contributed by atoms with Crippen molar-refractivity contribution in [1.29, 1.82) is 0 Å². The minimum absolute atomic E-state index is 0.112. The van der Waals surface area contributed by atoms with Crippen molar-refractivity contribution in [2.24, 2.45) is 0 Å². The number of carbonyl (C=O) groups is 1. The molecular formula is C15H24N4O3. The van der Waals surface area contributed by atoms with Gasteiger partial charge in [0.1, 0.15) is 5.69 Å². The van der Waals surface area contributed by atoms with Crippen LogP contribution in [0.15, 0.2) is 6.07 Å². The number of nitrogens with zero attached hydrogens (tertiary/aromatic N) is 3. The predicted molar refractivity (Wildman–Crippen MR) is 83.0 cm³/mol. The molecule has 0 saturated carbocycles. The molecule has 1 N–H and O–H groups in total. The summed E-state index contributed by atoms with van der Waals surface area (Å²) >= 11 is 0. The first kappa shape index (κ1) is 16.6. The van der Waals surface area contributed by atoms with Crippen molar-refractivity contribution >= 4 is 11.9 Å². The molecule has 0 aliphatic carbocycles. The molecule has 1 fully saturated rings. The SMILES string of the molecule is CNc1nc(C)cc(C(=O)N2C[C@H](COC)OC(C)(C)C2)n1. The third-order valence-corrected chi connectivity index (χ3v) is 3.42. The Morgan fingerprint density at radius 2 is 2.27 bits per heavy atom. The van der Waals surface area contributed by atoms with Gasteiger partial charge in [0.2, 0.25) is 5.95 Å². The molecule has 1 aromatic rings. The summed E-state index contributed by atoms with van der Waals surface area (Å²) in [6, 6.07) is 1.71. The van der Waals surface area contributed by atoms with Gasteiger partial charge in [-0.2, -0.15) is 0 Å². The standard InChI is InChI=1S/C15H24N4O3/c1-10-6-12(18-14(16-4)17-10)13(20)19-7-11(8-21-5)22-15(2,3)9-19/h6,11H,7-9H2,1-5H3,(H,16,17,18)/t11-/m1/s1. The Morgan fingerprint density at radius 1 is 1.55 bits per heavy atom. The van der Waals surface area contributed by atoms with Crippen LogP contribution in [0.2, 0.25) is 0 Å². The molecule has 0 unspecified atom stereocenters. The first-order valence-electron chi connectivity index (χ1n) is 7.34. The van der Waals surface area contributed by atoms with Crippen LogP contribution in [0.25, 0.3) is 0 Å². The Morgan fingerprint density at radius 3 is 2.91 bits per heavy atom. The average molecular weight is 308 g/mol. The number of anilines is 1. The van der Waals surface area contributed by atoms with E-state index in [2.05, 4.69) is 15.3 Å². The van der Waals surface area contributed by atoms with E-state index in [1.807, 2.05) is 20.8 Å². The number of ether oxygens (including phenoxy) is 2. The van der Waals surface area contributed by atoms with Gasteiger partial charge >= 0.3 is 0 Å². The molecular weight excluding hydrogens is 284 g/mol. The number of carbonyl (C=O) groups excluding carboxylic acids is 1. The molecule has 1 aromatic heterocycles. The molecule has 1 aliphatic rings. The second-order valence-electron chi connectivity index (χ2n) is 6.11. The third-order valence-electron chi connectivity index (χ3n) is 3.42. The van der Waals surface area contributed by atoms with Crippen LogP contribution in [0.1, 0.15) is 30.0 Å². The number of hydrogen-bond donors (Lipinski definition) is 1. The number of rotatable bonds is 4. The summed E-state index contributed by atoms with van der Waals surface area (Å²) in [7, 11) is 3.36. The monoisotopic (exact) mass is 308 g/mol. The summed E-state index contributed by atoms with van der Waals surface area (Å²) in [5.41, 5.74) is 0.736. The molecule has 1 atom stereocenters. The van der Waals surface area contributed by atoms with Crippen molar-refractivity contribution in [1.82, 2.24) is 14.9 Å². The zero-order valence-electron chi connectivity index (χ0n) is 13.8. The number of morpholine rings is 1. The molecule has 1 amide bonds. The molecule has 22 heavy (non-hydrogen) atoms. The van der Waals surface area contributed by atoms with E-state index in [0.29, 0.717) is 31.3 Å². The minimum atomic E-state index is -0.412. The summed E-state index contributed by atoms with van der Waals surface area (Å²) in [4.78, 5) is 23.0. The Labute approximate surface area is 131 Å². The first-order chi connectivity index (χ1) is 10.3. The molecule has 0 radical (unpaired) electrons. The van der Waals surface area contributed by atoms with Crippen LogP contribution in [0, 0.1) is 6.92 Å². The van der Waals surface area contributed by atoms with E-state index in [1.165, 1.54) is 0 Å². The summed E-state index contributed by atoms with van der Waals surface area (Å²) in [5.74, 6) is 0.337. The summed E-state index contributed by atoms with van der Waals surface area (Å²) in [6.45, 7) is 7.25. The van der Waals surface area contributed by atoms with Crippen LogP contribution in [0.4, 0.5) is 5.95 Å². The number of hydrogen-bond acceptors (Lipinski definition) is 6. The van der Waals surface area contributed by atoms with E-state index in [0.717, 1.165) is 5.69 Å². The van der Waals surface area contributed by atoms with E-state index in [1.54, 1.807) is 25.1 Å². The third kappa shape index (κ3) is 3.92. The summed E-state index contributed by atoms with van der Waals surface area (Å²) in [5, 5.41) is 2.87. The first-order valence-corrected chi connectivity index (χ1v) is 7.34. The van der Waals surface area contributed by atoms with Gasteiger partial charge in [0.05, 0.1) is 18.3 Å². The van der Waals surface area contributed by atoms with E-state index < -0.39 is 5.60 Å². The second kappa shape index (κ2) is 6.58. The number of nitrogens with one attached hydrogen (secondary N) is 1. The zero-order chi connectivity index (χ0) is 16.3. The molecule has 2 heterocycles. The maximum absolute atomic E-state index is 12.8. The number of amides is 1. The normalized spacial score (nSPS) is 20.8. The van der Waals surface area contributed by atoms with Gasteiger partial charge in [0, 0.05) is 32.9 Å². The Hall–Kier alpha value is -1.73. The molecule has 7 nitrogen and oxygen atoms in total. The van der Waals surface area contributed by atoms with Crippen LogP contribution >= 0.6 is 0 Å². The average Bonchev–Trinajstić information content (AvgIpc) is 2.44. The lowest BCUT2D eigenvalue weighted by Crippen LogP contribution is -2.55.